The summed E-state index contributed by atoms with van der Waals surface area (Å²) >= 11 is 11.8. The lowest BCUT2D eigenvalue weighted by molar-refractivity contribution is -0.123. The van der Waals surface area contributed by atoms with E-state index in [1.807, 2.05) is 0 Å². The van der Waals surface area contributed by atoms with E-state index in [-0.39, 0.29) is 17.4 Å². The van der Waals surface area contributed by atoms with Gasteiger partial charge >= 0.3 is 0 Å². The summed E-state index contributed by atoms with van der Waals surface area (Å²) in [5.41, 5.74) is 2.67. The first kappa shape index (κ1) is 17.9. The molecule has 0 saturated carbocycles. The molecule has 0 aliphatic rings. The number of methoxy groups -OCH3 is 1. The van der Waals surface area contributed by atoms with Crippen LogP contribution >= 0.6 is 23.2 Å². The van der Waals surface area contributed by atoms with Gasteiger partial charge < -0.3 is 14.6 Å². The van der Waals surface area contributed by atoms with Crippen LogP contribution in [0.4, 0.5) is 0 Å². The van der Waals surface area contributed by atoms with Crippen molar-refractivity contribution < 1.29 is 19.4 Å². The summed E-state index contributed by atoms with van der Waals surface area (Å²) in [7, 11) is 1.51. The van der Waals surface area contributed by atoms with Crippen LogP contribution in [0.25, 0.3) is 0 Å². The molecule has 0 unspecified atom stereocenters. The highest BCUT2D eigenvalue weighted by molar-refractivity contribution is 6.42. The Hall–Kier alpha value is -2.44. The van der Waals surface area contributed by atoms with E-state index in [4.69, 9.17) is 32.7 Å². The minimum absolute atomic E-state index is 0.00996. The lowest BCUT2D eigenvalue weighted by Gasteiger charge is -2.07. The van der Waals surface area contributed by atoms with Crippen LogP contribution in [0.15, 0.2) is 41.5 Å². The summed E-state index contributed by atoms with van der Waals surface area (Å²) in [4.78, 5) is 11.7. The fraction of sp³-hybridized carbons (Fsp3) is 0.125. The second-order valence-electron chi connectivity index (χ2n) is 4.56. The quantitative estimate of drug-likeness (QED) is 0.605. The van der Waals surface area contributed by atoms with Crippen molar-refractivity contribution in [2.24, 2.45) is 5.10 Å². The van der Waals surface area contributed by atoms with E-state index in [9.17, 15) is 9.90 Å². The highest BCUT2D eigenvalue weighted by atomic mass is 35.5. The molecule has 126 valence electrons. The van der Waals surface area contributed by atoms with Crippen LogP contribution in [-0.4, -0.2) is 30.9 Å². The summed E-state index contributed by atoms with van der Waals surface area (Å²) in [5, 5.41) is 14.0. The van der Waals surface area contributed by atoms with Gasteiger partial charge in [-0.15, -0.1) is 0 Å². The fourth-order valence-corrected chi connectivity index (χ4v) is 2.05. The maximum Gasteiger partial charge on any atom is 0.277 e. The molecule has 0 saturated heterocycles. The average molecular weight is 369 g/mol. The number of rotatable bonds is 6. The maximum atomic E-state index is 11.7. The molecule has 0 bridgehead atoms. The van der Waals surface area contributed by atoms with Gasteiger partial charge in [0, 0.05) is 5.56 Å². The van der Waals surface area contributed by atoms with Crippen molar-refractivity contribution in [2.45, 2.75) is 0 Å². The van der Waals surface area contributed by atoms with Gasteiger partial charge in [-0.1, -0.05) is 29.3 Å². The zero-order valence-corrected chi connectivity index (χ0v) is 14.1. The largest absolute Gasteiger partial charge is 0.507 e. The Balaban J connectivity index is 1.90. The molecule has 0 aliphatic heterocycles. The molecule has 2 rings (SSSR count). The van der Waals surface area contributed by atoms with Crippen molar-refractivity contribution in [1.29, 1.82) is 0 Å². The number of halogens is 2. The lowest BCUT2D eigenvalue weighted by atomic mass is 10.2. The zero-order chi connectivity index (χ0) is 17.5. The second kappa shape index (κ2) is 8.42. The number of benzene rings is 2. The minimum atomic E-state index is -0.496. The molecule has 0 radical (unpaired) electrons. The predicted octanol–water partition coefficient (Wildman–Crippen LogP) is 3.24. The Morgan fingerprint density at radius 2 is 2.12 bits per heavy atom. The highest BCUT2D eigenvalue weighted by Gasteiger charge is 2.08. The number of phenols is 1. The number of aromatic hydroxyl groups is 1. The fourth-order valence-electron chi connectivity index (χ4n) is 1.71. The molecule has 0 spiro atoms. The lowest BCUT2D eigenvalue weighted by Crippen LogP contribution is -2.24. The first-order valence-corrected chi connectivity index (χ1v) is 7.52. The van der Waals surface area contributed by atoms with Crippen LogP contribution in [-0.2, 0) is 4.79 Å². The molecule has 8 heteroatoms. The Morgan fingerprint density at radius 3 is 2.88 bits per heavy atom. The van der Waals surface area contributed by atoms with Crippen molar-refractivity contribution in [3.05, 3.63) is 52.0 Å². The number of carbonyl (C=O) groups excluding carboxylic acids is 1. The number of amides is 1. The van der Waals surface area contributed by atoms with Gasteiger partial charge in [-0.25, -0.2) is 5.43 Å². The smallest absolute Gasteiger partial charge is 0.277 e. The molecule has 24 heavy (non-hydrogen) atoms. The Labute approximate surface area is 148 Å². The van der Waals surface area contributed by atoms with Crippen molar-refractivity contribution in [2.75, 3.05) is 13.7 Å². The summed E-state index contributed by atoms with van der Waals surface area (Å²) in [6.45, 7) is -0.290. The van der Waals surface area contributed by atoms with E-state index in [2.05, 4.69) is 10.5 Å². The summed E-state index contributed by atoms with van der Waals surface area (Å²) in [5.74, 6) is 0.369. The molecular weight excluding hydrogens is 355 g/mol. The molecule has 0 fully saturated rings. The van der Waals surface area contributed by atoms with E-state index >= 15 is 0 Å². The van der Waals surface area contributed by atoms with Crippen molar-refractivity contribution in [3.63, 3.8) is 0 Å². The van der Waals surface area contributed by atoms with E-state index in [1.165, 1.54) is 19.4 Å². The van der Waals surface area contributed by atoms with E-state index in [1.54, 1.807) is 30.3 Å². The van der Waals surface area contributed by atoms with Crippen LogP contribution in [0, 0.1) is 0 Å². The number of carbonyl (C=O) groups is 1. The molecule has 2 N–H and O–H groups in total. The van der Waals surface area contributed by atoms with E-state index in [0.717, 1.165) is 0 Å². The molecule has 0 heterocycles. The Kier molecular flexibility index (Phi) is 6.28. The van der Waals surface area contributed by atoms with E-state index in [0.29, 0.717) is 22.1 Å². The molecule has 0 aliphatic carbocycles. The number of hydrazone groups is 1. The normalized spacial score (nSPS) is 10.6. The molecule has 0 atom stereocenters. The van der Waals surface area contributed by atoms with Gasteiger partial charge in [0.1, 0.15) is 22.3 Å². The molecule has 1 amide bonds. The third-order valence-electron chi connectivity index (χ3n) is 2.90. The standard InChI is InChI=1S/C16H14Cl2N2O4/c1-23-11-5-6-13(21)10(7-11)8-19-20-15(22)9-24-14-4-2-3-12(17)16(14)18/h2-8,21H,9H2,1H3,(H,20,22)/b19-8+. The third kappa shape index (κ3) is 4.78. The number of nitrogens with zero attached hydrogens (tertiary/aromatic N) is 1. The minimum Gasteiger partial charge on any atom is -0.507 e. The van der Waals surface area contributed by atoms with Crippen molar-refractivity contribution >= 4 is 35.3 Å². The average Bonchev–Trinajstić information content (AvgIpc) is 2.58. The number of nitrogens with one attached hydrogen (secondary N) is 1. The number of ether oxygens (including phenoxy) is 2. The van der Waals surface area contributed by atoms with Gasteiger partial charge in [0.15, 0.2) is 6.61 Å². The van der Waals surface area contributed by atoms with Crippen LogP contribution in [0.5, 0.6) is 17.2 Å². The SMILES string of the molecule is COc1ccc(O)c(/C=N/NC(=O)COc2cccc(Cl)c2Cl)c1. The molecular formula is C16H14Cl2N2O4. The number of hydrogen-bond acceptors (Lipinski definition) is 5. The molecule has 2 aromatic carbocycles. The van der Waals surface area contributed by atoms with Crippen LogP contribution in [0.2, 0.25) is 10.0 Å². The highest BCUT2D eigenvalue weighted by Crippen LogP contribution is 2.31. The summed E-state index contributed by atoms with van der Waals surface area (Å²) in [6, 6.07) is 9.51. The van der Waals surface area contributed by atoms with Crippen LogP contribution in [0.3, 0.4) is 0 Å². The van der Waals surface area contributed by atoms with Gasteiger partial charge in [-0.2, -0.15) is 5.10 Å². The Morgan fingerprint density at radius 1 is 1.33 bits per heavy atom. The van der Waals surface area contributed by atoms with Gasteiger partial charge in [0.25, 0.3) is 5.91 Å². The van der Waals surface area contributed by atoms with Crippen LogP contribution < -0.4 is 14.9 Å². The third-order valence-corrected chi connectivity index (χ3v) is 3.70. The maximum absolute atomic E-state index is 11.7. The van der Waals surface area contributed by atoms with Crippen molar-refractivity contribution in [1.82, 2.24) is 5.43 Å². The zero-order valence-electron chi connectivity index (χ0n) is 12.6. The molecule has 6 nitrogen and oxygen atoms in total. The molecule has 0 aromatic heterocycles. The first-order valence-electron chi connectivity index (χ1n) is 6.77. The van der Waals surface area contributed by atoms with E-state index < -0.39 is 5.91 Å². The van der Waals surface area contributed by atoms with Gasteiger partial charge in [-0.3, -0.25) is 4.79 Å². The summed E-state index contributed by atoms with van der Waals surface area (Å²) < 4.78 is 10.3. The first-order chi connectivity index (χ1) is 11.5. The Bertz CT molecular complexity index is 766. The number of hydrogen-bond donors (Lipinski definition) is 2. The van der Waals surface area contributed by atoms with Gasteiger partial charge in [0.2, 0.25) is 0 Å². The predicted molar refractivity (Wildman–Crippen MR) is 92.4 cm³/mol. The topological polar surface area (TPSA) is 80.2 Å². The van der Waals surface area contributed by atoms with Crippen molar-refractivity contribution in [3.8, 4) is 17.2 Å². The number of phenolic OH excluding ortho intramolecular Hbond substituents is 1. The van der Waals surface area contributed by atoms with Gasteiger partial charge in [-0.05, 0) is 30.3 Å². The van der Waals surface area contributed by atoms with Crippen LogP contribution in [0.1, 0.15) is 5.56 Å². The second-order valence-corrected chi connectivity index (χ2v) is 5.34. The van der Waals surface area contributed by atoms with Gasteiger partial charge in [0.05, 0.1) is 18.3 Å². The summed E-state index contributed by atoms with van der Waals surface area (Å²) in [6.07, 6.45) is 1.29. The molecule has 2 aromatic rings. The monoisotopic (exact) mass is 368 g/mol.